The largest absolute Gasteiger partial charge is 1.00 e. The number of carbonyl (C=O) groups excluding carboxylic acids is 1. The van der Waals surface area contributed by atoms with Crippen LogP contribution in [0.2, 0.25) is 0 Å². The summed E-state index contributed by atoms with van der Waals surface area (Å²) in [7, 11) is 0. The Balaban J connectivity index is 0.00000180. The van der Waals surface area contributed by atoms with E-state index in [4.69, 9.17) is 9.47 Å². The lowest BCUT2D eigenvalue weighted by Crippen LogP contribution is -3.00. The molecule has 1 aromatic rings. The zero-order valence-corrected chi connectivity index (χ0v) is 11.6. The van der Waals surface area contributed by atoms with E-state index in [1.165, 1.54) is 0 Å². The van der Waals surface area contributed by atoms with E-state index in [9.17, 15) is 4.79 Å². The Bertz CT molecular complexity index is 366. The molecule has 0 atom stereocenters. The van der Waals surface area contributed by atoms with Gasteiger partial charge in [0.05, 0.1) is 19.6 Å². The minimum absolute atomic E-state index is 0. The molecule has 2 rings (SSSR count). The Morgan fingerprint density at radius 1 is 1.21 bits per heavy atom. The maximum absolute atomic E-state index is 11.6. The van der Waals surface area contributed by atoms with E-state index in [-0.39, 0.29) is 18.4 Å². The molecule has 0 spiro atoms. The van der Waals surface area contributed by atoms with Crippen LogP contribution in [0.5, 0.6) is 0 Å². The Kier molecular flexibility index (Phi) is 7.48. The van der Waals surface area contributed by atoms with Gasteiger partial charge >= 0.3 is 5.97 Å². The fraction of sp³-hybridized carbons (Fsp3) is 0.500. The summed E-state index contributed by atoms with van der Waals surface area (Å²) in [5, 5.41) is 0. The third-order valence-corrected chi connectivity index (χ3v) is 2.97. The molecule has 106 valence electrons. The van der Waals surface area contributed by atoms with Gasteiger partial charge in [-0.2, -0.15) is 0 Å². The van der Waals surface area contributed by atoms with Crippen molar-refractivity contribution in [2.75, 3.05) is 39.5 Å². The Labute approximate surface area is 120 Å². The van der Waals surface area contributed by atoms with Gasteiger partial charge in [-0.05, 0) is 5.56 Å². The highest BCUT2D eigenvalue weighted by Crippen LogP contribution is 2.01. The Morgan fingerprint density at radius 2 is 1.89 bits per heavy atom. The quantitative estimate of drug-likeness (QED) is 0.593. The normalized spacial score (nSPS) is 15.6. The van der Waals surface area contributed by atoms with Crippen LogP contribution in [0.25, 0.3) is 0 Å². The third-order valence-electron chi connectivity index (χ3n) is 2.97. The van der Waals surface area contributed by atoms with E-state index in [1.54, 1.807) is 0 Å². The molecule has 0 aromatic heterocycles. The molecule has 19 heavy (non-hydrogen) atoms. The highest BCUT2D eigenvalue weighted by atomic mass is 35.5. The molecule has 0 saturated carbocycles. The fourth-order valence-electron chi connectivity index (χ4n) is 1.93. The van der Waals surface area contributed by atoms with E-state index >= 15 is 0 Å². The summed E-state index contributed by atoms with van der Waals surface area (Å²) in [4.78, 5) is 13.8. The first-order valence-corrected chi connectivity index (χ1v) is 6.34. The van der Waals surface area contributed by atoms with Gasteiger partial charge < -0.3 is 21.9 Å². The van der Waals surface area contributed by atoms with Crippen LogP contribution in [0.1, 0.15) is 5.56 Å². The van der Waals surface area contributed by atoms with Crippen molar-refractivity contribution < 1.29 is 26.7 Å². The first-order chi connectivity index (χ1) is 8.84. The number of hydrogen-bond acceptors (Lipinski definition) is 4. The molecule has 0 radical (unpaired) electrons. The molecule has 0 unspecified atom stereocenters. The molecule has 1 aromatic carbocycles. The molecule has 4 nitrogen and oxygen atoms in total. The second kappa shape index (κ2) is 8.91. The van der Waals surface area contributed by atoms with Crippen LogP contribution in [-0.2, 0) is 20.7 Å². The molecule has 1 aliphatic heterocycles. The second-order valence-electron chi connectivity index (χ2n) is 4.34. The SMILES string of the molecule is O=C(Cc1ccccc1)OCCN1CCOCC1.[Cl-]. The smallest absolute Gasteiger partial charge is 0.310 e. The van der Waals surface area contributed by atoms with Crippen molar-refractivity contribution in [2.24, 2.45) is 0 Å². The molecule has 0 N–H and O–H groups in total. The topological polar surface area (TPSA) is 38.8 Å². The summed E-state index contributed by atoms with van der Waals surface area (Å²) in [6, 6.07) is 9.66. The molecular formula is C14H19ClNO3-. The Hall–Kier alpha value is -1.10. The van der Waals surface area contributed by atoms with E-state index in [2.05, 4.69) is 4.90 Å². The van der Waals surface area contributed by atoms with Crippen LogP contribution >= 0.6 is 0 Å². The second-order valence-corrected chi connectivity index (χ2v) is 4.34. The Morgan fingerprint density at radius 3 is 2.58 bits per heavy atom. The van der Waals surface area contributed by atoms with Crippen LogP contribution in [0.3, 0.4) is 0 Å². The predicted octanol–water partition coefficient (Wildman–Crippen LogP) is -1.89. The number of hydrogen-bond donors (Lipinski definition) is 0. The molecule has 5 heteroatoms. The zero-order valence-electron chi connectivity index (χ0n) is 10.9. The average molecular weight is 285 g/mol. The zero-order chi connectivity index (χ0) is 12.6. The van der Waals surface area contributed by atoms with Crippen LogP contribution in [-0.4, -0.2) is 50.3 Å². The summed E-state index contributed by atoms with van der Waals surface area (Å²) >= 11 is 0. The van der Waals surface area contributed by atoms with E-state index in [0.717, 1.165) is 38.4 Å². The summed E-state index contributed by atoms with van der Waals surface area (Å²) in [6.07, 6.45) is 0.351. The minimum Gasteiger partial charge on any atom is -1.00 e. The standard InChI is InChI=1S/C14H19NO3.ClH/c16-14(12-13-4-2-1-3-5-13)18-11-8-15-6-9-17-10-7-15;/h1-5H,6-12H2;1H/p-1. The minimum atomic E-state index is -0.158. The predicted molar refractivity (Wildman–Crippen MR) is 68.4 cm³/mol. The summed E-state index contributed by atoms with van der Waals surface area (Å²) in [6.45, 7) is 4.66. The van der Waals surface area contributed by atoms with Gasteiger partial charge in [-0.1, -0.05) is 30.3 Å². The lowest BCUT2D eigenvalue weighted by molar-refractivity contribution is -0.143. The van der Waals surface area contributed by atoms with Crippen molar-refractivity contribution in [3.8, 4) is 0 Å². The number of benzene rings is 1. The van der Waals surface area contributed by atoms with E-state index < -0.39 is 0 Å². The van der Waals surface area contributed by atoms with E-state index in [1.807, 2.05) is 30.3 Å². The van der Waals surface area contributed by atoms with Gasteiger partial charge in [-0.15, -0.1) is 0 Å². The maximum Gasteiger partial charge on any atom is 0.310 e. The van der Waals surface area contributed by atoms with Crippen LogP contribution < -0.4 is 12.4 Å². The third kappa shape index (κ3) is 6.05. The lowest BCUT2D eigenvalue weighted by atomic mass is 10.2. The highest BCUT2D eigenvalue weighted by molar-refractivity contribution is 5.72. The number of carbonyl (C=O) groups is 1. The van der Waals surface area contributed by atoms with Crippen molar-refractivity contribution in [1.82, 2.24) is 4.90 Å². The van der Waals surface area contributed by atoms with Gasteiger partial charge in [0.2, 0.25) is 0 Å². The summed E-state index contributed by atoms with van der Waals surface area (Å²) in [5.74, 6) is -0.158. The highest BCUT2D eigenvalue weighted by Gasteiger charge is 2.11. The summed E-state index contributed by atoms with van der Waals surface area (Å²) in [5.41, 5.74) is 0.994. The van der Waals surface area contributed by atoms with Crippen molar-refractivity contribution >= 4 is 5.97 Å². The molecule has 1 fully saturated rings. The van der Waals surface area contributed by atoms with E-state index in [0.29, 0.717) is 13.0 Å². The molecule has 0 aliphatic carbocycles. The van der Waals surface area contributed by atoms with Crippen LogP contribution in [0.4, 0.5) is 0 Å². The van der Waals surface area contributed by atoms with Gasteiger partial charge in [0.1, 0.15) is 6.61 Å². The maximum atomic E-state index is 11.6. The number of nitrogens with zero attached hydrogens (tertiary/aromatic N) is 1. The van der Waals surface area contributed by atoms with Gasteiger partial charge in [-0.25, -0.2) is 0 Å². The van der Waals surface area contributed by atoms with Crippen molar-refractivity contribution in [3.63, 3.8) is 0 Å². The monoisotopic (exact) mass is 284 g/mol. The lowest BCUT2D eigenvalue weighted by Gasteiger charge is -2.26. The van der Waals surface area contributed by atoms with Gasteiger partial charge in [-0.3, -0.25) is 9.69 Å². The number of morpholine rings is 1. The first kappa shape index (κ1) is 16.0. The molecule has 1 saturated heterocycles. The van der Waals surface area contributed by atoms with Crippen LogP contribution in [0, 0.1) is 0 Å². The number of ether oxygens (including phenoxy) is 2. The molecule has 1 aliphatic rings. The average Bonchev–Trinajstić information content (AvgIpc) is 2.41. The van der Waals surface area contributed by atoms with Crippen molar-refractivity contribution in [2.45, 2.75) is 6.42 Å². The fourth-order valence-corrected chi connectivity index (χ4v) is 1.93. The number of esters is 1. The molecular weight excluding hydrogens is 266 g/mol. The number of rotatable bonds is 5. The summed E-state index contributed by atoms with van der Waals surface area (Å²) < 4.78 is 10.5. The first-order valence-electron chi connectivity index (χ1n) is 6.34. The van der Waals surface area contributed by atoms with Crippen molar-refractivity contribution in [1.29, 1.82) is 0 Å². The molecule has 0 bridgehead atoms. The molecule has 1 heterocycles. The van der Waals surface area contributed by atoms with Crippen molar-refractivity contribution in [3.05, 3.63) is 35.9 Å². The molecule has 0 amide bonds. The van der Waals surface area contributed by atoms with Gasteiger partial charge in [0, 0.05) is 19.6 Å². The number of halogens is 1. The van der Waals surface area contributed by atoms with Gasteiger partial charge in [0.15, 0.2) is 0 Å². The van der Waals surface area contributed by atoms with Gasteiger partial charge in [0.25, 0.3) is 0 Å². The van der Waals surface area contributed by atoms with Crippen LogP contribution in [0.15, 0.2) is 30.3 Å².